The molecule has 0 aliphatic heterocycles. The van der Waals surface area contributed by atoms with Gasteiger partial charge >= 0.3 is 0 Å². The Bertz CT molecular complexity index is 1330. The van der Waals surface area contributed by atoms with Crippen molar-refractivity contribution in [2.24, 2.45) is 0 Å². The number of benzene rings is 2. The van der Waals surface area contributed by atoms with Crippen LogP contribution in [-0.2, 0) is 11.3 Å². The van der Waals surface area contributed by atoms with E-state index in [1.165, 1.54) is 40.5 Å². The zero-order valence-electron chi connectivity index (χ0n) is 18.4. The van der Waals surface area contributed by atoms with Crippen molar-refractivity contribution in [3.05, 3.63) is 88.2 Å². The highest BCUT2D eigenvalue weighted by Crippen LogP contribution is 2.40. The lowest BCUT2D eigenvalue weighted by Crippen LogP contribution is -2.29. The van der Waals surface area contributed by atoms with Crippen LogP contribution < -0.4 is 14.4 Å². The van der Waals surface area contributed by atoms with Gasteiger partial charge in [0.1, 0.15) is 21.7 Å². The van der Waals surface area contributed by atoms with Gasteiger partial charge in [-0.3, -0.25) is 24.8 Å². The van der Waals surface area contributed by atoms with Crippen LogP contribution in [0.5, 0.6) is 11.5 Å². The van der Waals surface area contributed by atoms with E-state index in [2.05, 4.69) is 9.97 Å². The molecule has 0 bridgehead atoms. The number of amides is 1. The molecule has 0 spiro atoms. The van der Waals surface area contributed by atoms with E-state index >= 15 is 0 Å². The number of nitrogens with zero attached hydrogens (tertiary/aromatic N) is 4. The normalized spacial score (nSPS) is 11.0. The van der Waals surface area contributed by atoms with E-state index in [1.807, 2.05) is 12.1 Å². The van der Waals surface area contributed by atoms with Crippen molar-refractivity contribution >= 4 is 44.4 Å². The van der Waals surface area contributed by atoms with Crippen molar-refractivity contribution in [2.45, 2.75) is 6.54 Å². The fourth-order valence-electron chi connectivity index (χ4n) is 3.28. The molecule has 172 valence electrons. The van der Waals surface area contributed by atoms with Gasteiger partial charge in [0, 0.05) is 24.4 Å². The highest BCUT2D eigenvalue weighted by atomic mass is 32.1. The fourth-order valence-corrected chi connectivity index (χ4v) is 4.36. The number of hydrogen-bond acceptors (Lipinski definition) is 8. The molecule has 0 fully saturated rings. The number of nitro groups is 1. The number of non-ortho nitro benzene ring substituents is 1. The van der Waals surface area contributed by atoms with Gasteiger partial charge in [-0.1, -0.05) is 29.5 Å². The van der Waals surface area contributed by atoms with E-state index in [0.717, 1.165) is 4.70 Å². The molecule has 4 aromatic rings. The lowest BCUT2D eigenvalue weighted by Gasteiger charge is -2.17. The van der Waals surface area contributed by atoms with Gasteiger partial charge in [-0.05, 0) is 35.9 Å². The maximum absolute atomic E-state index is 13.3. The molecule has 1 amide bonds. The third-order valence-electron chi connectivity index (χ3n) is 4.94. The van der Waals surface area contributed by atoms with Gasteiger partial charge in [0.2, 0.25) is 0 Å². The van der Waals surface area contributed by atoms with Crippen molar-refractivity contribution < 1.29 is 19.2 Å². The summed E-state index contributed by atoms with van der Waals surface area (Å²) in [6.45, 7) is 0.184. The molecule has 0 saturated heterocycles. The number of fused-ring (bicyclic) bond motifs is 1. The molecule has 2 heterocycles. The van der Waals surface area contributed by atoms with Crippen LogP contribution >= 0.6 is 11.3 Å². The Morgan fingerprint density at radius 3 is 2.62 bits per heavy atom. The minimum absolute atomic E-state index is 0.0506. The van der Waals surface area contributed by atoms with Crippen molar-refractivity contribution in [2.75, 3.05) is 19.1 Å². The zero-order valence-corrected chi connectivity index (χ0v) is 19.2. The van der Waals surface area contributed by atoms with Gasteiger partial charge < -0.3 is 9.47 Å². The maximum Gasteiger partial charge on any atom is 0.270 e. The summed E-state index contributed by atoms with van der Waals surface area (Å²) < 4.78 is 11.7. The summed E-state index contributed by atoms with van der Waals surface area (Å²) in [7, 11) is 3.12. The number of pyridine rings is 1. The molecule has 2 aromatic heterocycles. The predicted molar refractivity (Wildman–Crippen MR) is 130 cm³/mol. The molecule has 0 aliphatic carbocycles. The molecule has 0 atom stereocenters. The average molecular weight is 477 g/mol. The first-order chi connectivity index (χ1) is 16.5. The van der Waals surface area contributed by atoms with E-state index in [0.29, 0.717) is 33.4 Å². The molecule has 0 unspecified atom stereocenters. The summed E-state index contributed by atoms with van der Waals surface area (Å²) in [6.07, 6.45) is 4.55. The van der Waals surface area contributed by atoms with E-state index in [9.17, 15) is 14.9 Å². The monoisotopic (exact) mass is 476 g/mol. The molecule has 0 N–H and O–H groups in total. The van der Waals surface area contributed by atoms with Crippen LogP contribution in [0.25, 0.3) is 16.3 Å². The first-order valence-electron chi connectivity index (χ1n) is 10.2. The summed E-state index contributed by atoms with van der Waals surface area (Å²) in [5, 5.41) is 11.5. The van der Waals surface area contributed by atoms with Crippen molar-refractivity contribution in [3.8, 4) is 11.5 Å². The number of thiazole rings is 1. The Balaban J connectivity index is 1.73. The SMILES string of the molecule is COc1ccc(OC)c2sc(N(Cc3ccccn3)C(=O)C=Cc3cccc([N+](=O)[O-])c3)nc12. The van der Waals surface area contributed by atoms with Crippen molar-refractivity contribution in [1.82, 2.24) is 9.97 Å². The van der Waals surface area contributed by atoms with Gasteiger partial charge in [0.25, 0.3) is 11.6 Å². The van der Waals surface area contributed by atoms with Crippen LogP contribution in [-0.4, -0.2) is 35.0 Å². The second-order valence-corrected chi connectivity index (χ2v) is 8.05. The Morgan fingerprint density at radius 1 is 1.12 bits per heavy atom. The lowest BCUT2D eigenvalue weighted by molar-refractivity contribution is -0.384. The Hall–Kier alpha value is -4.31. The minimum Gasteiger partial charge on any atom is -0.495 e. The van der Waals surface area contributed by atoms with Gasteiger partial charge in [-0.2, -0.15) is 0 Å². The van der Waals surface area contributed by atoms with Crippen LogP contribution in [0.4, 0.5) is 10.8 Å². The molecule has 9 nitrogen and oxygen atoms in total. The van der Waals surface area contributed by atoms with Gasteiger partial charge in [0.15, 0.2) is 5.13 Å². The summed E-state index contributed by atoms with van der Waals surface area (Å²) in [4.78, 5) is 34.4. The van der Waals surface area contributed by atoms with E-state index in [1.54, 1.807) is 50.7 Å². The molecule has 10 heteroatoms. The van der Waals surface area contributed by atoms with E-state index in [-0.39, 0.29) is 18.1 Å². The van der Waals surface area contributed by atoms with Crippen molar-refractivity contribution in [3.63, 3.8) is 0 Å². The largest absolute Gasteiger partial charge is 0.495 e. The number of hydrogen-bond donors (Lipinski definition) is 0. The van der Waals surface area contributed by atoms with Crippen LogP contribution in [0.3, 0.4) is 0 Å². The van der Waals surface area contributed by atoms with Crippen LogP contribution in [0.2, 0.25) is 0 Å². The number of nitro benzene ring substituents is 1. The molecule has 0 saturated carbocycles. The first-order valence-corrected chi connectivity index (χ1v) is 11.0. The number of carbonyl (C=O) groups excluding carboxylic acids is 1. The third-order valence-corrected chi connectivity index (χ3v) is 6.03. The van der Waals surface area contributed by atoms with E-state index < -0.39 is 4.92 Å². The summed E-state index contributed by atoms with van der Waals surface area (Å²) in [5.74, 6) is 0.835. The number of ether oxygens (including phenoxy) is 2. The second kappa shape index (κ2) is 10.1. The summed E-state index contributed by atoms with van der Waals surface area (Å²) in [6, 6.07) is 15.1. The number of rotatable bonds is 8. The standard InChI is InChI=1S/C24H20N4O5S/c1-32-19-10-11-20(33-2)23-22(19)26-24(34-23)27(15-17-7-3-4-13-25-17)21(29)12-9-16-6-5-8-18(14-16)28(30)31/h3-14H,15H2,1-2H3. The summed E-state index contributed by atoms with van der Waals surface area (Å²) >= 11 is 1.30. The average Bonchev–Trinajstić information content (AvgIpc) is 3.31. The fraction of sp³-hybridized carbons (Fsp3) is 0.125. The highest BCUT2D eigenvalue weighted by Gasteiger charge is 2.22. The molecule has 0 aliphatic rings. The maximum atomic E-state index is 13.3. The number of anilines is 1. The highest BCUT2D eigenvalue weighted by molar-refractivity contribution is 7.22. The second-order valence-electron chi connectivity index (χ2n) is 7.08. The van der Waals surface area contributed by atoms with Crippen LogP contribution in [0.15, 0.2) is 66.9 Å². The number of carbonyl (C=O) groups is 1. The number of methoxy groups -OCH3 is 2. The van der Waals surface area contributed by atoms with Crippen LogP contribution in [0, 0.1) is 10.1 Å². The van der Waals surface area contributed by atoms with Gasteiger partial charge in [-0.25, -0.2) is 4.98 Å². The third kappa shape index (κ3) is 4.86. The minimum atomic E-state index is -0.478. The Morgan fingerprint density at radius 2 is 1.91 bits per heavy atom. The topological polar surface area (TPSA) is 108 Å². The number of aromatic nitrogens is 2. The van der Waals surface area contributed by atoms with Gasteiger partial charge in [-0.15, -0.1) is 0 Å². The first kappa shape index (κ1) is 22.9. The zero-order chi connectivity index (χ0) is 24.1. The predicted octanol–water partition coefficient (Wildman–Crippen LogP) is 4.86. The molecular weight excluding hydrogens is 456 g/mol. The smallest absolute Gasteiger partial charge is 0.270 e. The Kier molecular flexibility index (Phi) is 6.79. The summed E-state index contributed by atoms with van der Waals surface area (Å²) in [5.41, 5.74) is 1.75. The van der Waals surface area contributed by atoms with Gasteiger partial charge in [0.05, 0.1) is 31.4 Å². The van der Waals surface area contributed by atoms with Crippen molar-refractivity contribution in [1.29, 1.82) is 0 Å². The molecule has 4 rings (SSSR count). The van der Waals surface area contributed by atoms with Crippen LogP contribution in [0.1, 0.15) is 11.3 Å². The molecule has 2 aromatic carbocycles. The lowest BCUT2D eigenvalue weighted by atomic mass is 10.2. The molecule has 34 heavy (non-hydrogen) atoms. The Labute approximate surface area is 199 Å². The quantitative estimate of drug-likeness (QED) is 0.203. The molecule has 0 radical (unpaired) electrons. The van der Waals surface area contributed by atoms with E-state index in [4.69, 9.17) is 9.47 Å². The molecular formula is C24H20N4O5S.